The van der Waals surface area contributed by atoms with Crippen LogP contribution < -0.4 is 4.74 Å². The van der Waals surface area contributed by atoms with Crippen molar-refractivity contribution in [2.75, 3.05) is 7.11 Å². The number of carbonyl (C=O) groups excluding carboxylic acids is 1. The molecular formula is C13H18O2. The Balaban J connectivity index is 3.40. The number of hydrogen-bond donors (Lipinski definition) is 0. The van der Waals surface area contributed by atoms with Crippen LogP contribution in [0.4, 0.5) is 0 Å². The molecule has 0 unspecified atom stereocenters. The van der Waals surface area contributed by atoms with Gasteiger partial charge in [-0.2, -0.15) is 0 Å². The molecule has 0 bridgehead atoms. The van der Waals surface area contributed by atoms with Crippen molar-refractivity contribution in [3.63, 3.8) is 0 Å². The lowest BCUT2D eigenvalue weighted by Gasteiger charge is -2.15. The van der Waals surface area contributed by atoms with Crippen LogP contribution in [0.1, 0.15) is 48.2 Å². The second kappa shape index (κ2) is 4.96. The Labute approximate surface area is 91.3 Å². The minimum atomic E-state index is 0.338. The molecule has 0 fully saturated rings. The maximum absolute atomic E-state index is 11.1. The molecule has 0 N–H and O–H groups in total. The molecular weight excluding hydrogens is 188 g/mol. The summed E-state index contributed by atoms with van der Waals surface area (Å²) in [6.07, 6.45) is 1.77. The molecule has 0 amide bonds. The molecule has 1 aromatic rings. The monoisotopic (exact) mass is 206 g/mol. The number of aldehydes is 1. The molecule has 0 atom stereocenters. The third kappa shape index (κ3) is 2.20. The van der Waals surface area contributed by atoms with Crippen LogP contribution >= 0.6 is 0 Å². The molecule has 0 radical (unpaired) electrons. The molecule has 0 aliphatic heterocycles. The molecule has 0 spiro atoms. The van der Waals surface area contributed by atoms with E-state index < -0.39 is 0 Å². The summed E-state index contributed by atoms with van der Waals surface area (Å²) in [4.78, 5) is 11.1. The summed E-state index contributed by atoms with van der Waals surface area (Å²) in [6.45, 7) is 6.21. The van der Waals surface area contributed by atoms with E-state index in [2.05, 4.69) is 20.8 Å². The highest BCUT2D eigenvalue weighted by Gasteiger charge is 2.14. The van der Waals surface area contributed by atoms with E-state index in [-0.39, 0.29) is 0 Å². The molecule has 0 saturated heterocycles. The van der Waals surface area contributed by atoms with Crippen molar-refractivity contribution >= 4 is 6.29 Å². The zero-order valence-corrected chi connectivity index (χ0v) is 9.83. The Bertz CT molecular complexity index is 354. The fourth-order valence-electron chi connectivity index (χ4n) is 1.80. The van der Waals surface area contributed by atoms with Gasteiger partial charge in [0.2, 0.25) is 0 Å². The van der Waals surface area contributed by atoms with Gasteiger partial charge in [0.1, 0.15) is 5.75 Å². The summed E-state index contributed by atoms with van der Waals surface area (Å²) in [6, 6.07) is 4.07. The highest BCUT2D eigenvalue weighted by atomic mass is 16.5. The third-order valence-corrected chi connectivity index (χ3v) is 2.64. The molecule has 1 rings (SSSR count). The summed E-state index contributed by atoms with van der Waals surface area (Å²) in [5.41, 5.74) is 2.84. The number of hydrogen-bond acceptors (Lipinski definition) is 2. The molecule has 15 heavy (non-hydrogen) atoms. The number of aryl methyl sites for hydroxylation is 1. The molecule has 0 heterocycles. The Hall–Kier alpha value is -1.31. The van der Waals surface area contributed by atoms with Crippen molar-refractivity contribution in [3.05, 3.63) is 28.8 Å². The van der Waals surface area contributed by atoms with Crippen molar-refractivity contribution in [2.24, 2.45) is 0 Å². The molecule has 0 saturated carbocycles. The van der Waals surface area contributed by atoms with Gasteiger partial charge >= 0.3 is 0 Å². The smallest absolute Gasteiger partial charge is 0.154 e. The maximum Gasteiger partial charge on any atom is 0.154 e. The van der Waals surface area contributed by atoms with Gasteiger partial charge in [-0.1, -0.05) is 32.9 Å². The number of carbonyl (C=O) groups is 1. The topological polar surface area (TPSA) is 26.3 Å². The van der Waals surface area contributed by atoms with Crippen molar-refractivity contribution < 1.29 is 9.53 Å². The Morgan fingerprint density at radius 3 is 2.47 bits per heavy atom. The lowest BCUT2D eigenvalue weighted by atomic mass is 9.94. The fourth-order valence-corrected chi connectivity index (χ4v) is 1.80. The molecule has 0 aliphatic carbocycles. The normalized spacial score (nSPS) is 10.5. The Morgan fingerprint density at radius 2 is 2.07 bits per heavy atom. The first kappa shape index (κ1) is 11.8. The molecule has 0 aromatic heterocycles. The number of methoxy groups -OCH3 is 1. The Kier molecular flexibility index (Phi) is 3.89. The average molecular weight is 206 g/mol. The summed E-state index contributed by atoms with van der Waals surface area (Å²) in [5, 5.41) is 0. The molecule has 2 heteroatoms. The Morgan fingerprint density at radius 1 is 1.40 bits per heavy atom. The first-order valence-electron chi connectivity index (χ1n) is 5.30. The van der Waals surface area contributed by atoms with Gasteiger partial charge < -0.3 is 4.74 Å². The summed E-state index contributed by atoms with van der Waals surface area (Å²) in [5.74, 6) is 1.07. The molecule has 0 aliphatic rings. The molecule has 82 valence electrons. The highest BCUT2D eigenvalue weighted by Crippen LogP contribution is 2.30. The summed E-state index contributed by atoms with van der Waals surface area (Å²) < 4.78 is 5.32. The van der Waals surface area contributed by atoms with E-state index in [0.29, 0.717) is 11.5 Å². The number of benzene rings is 1. The van der Waals surface area contributed by atoms with Gasteiger partial charge in [-0.25, -0.2) is 0 Å². The van der Waals surface area contributed by atoms with Crippen LogP contribution in [0.3, 0.4) is 0 Å². The predicted molar refractivity (Wildman–Crippen MR) is 61.8 cm³/mol. The predicted octanol–water partition coefficient (Wildman–Crippen LogP) is 3.19. The first-order valence-corrected chi connectivity index (χ1v) is 5.30. The van der Waals surface area contributed by atoms with E-state index in [4.69, 9.17) is 4.74 Å². The minimum absolute atomic E-state index is 0.338. The highest BCUT2D eigenvalue weighted by molar-refractivity contribution is 5.83. The van der Waals surface area contributed by atoms with Gasteiger partial charge in [0, 0.05) is 0 Å². The molecule has 1 aromatic carbocycles. The zero-order chi connectivity index (χ0) is 11.4. The second-order valence-corrected chi connectivity index (χ2v) is 3.89. The lowest BCUT2D eigenvalue weighted by Crippen LogP contribution is -2.02. The van der Waals surface area contributed by atoms with Crippen LogP contribution in [0.5, 0.6) is 5.75 Å². The quantitative estimate of drug-likeness (QED) is 0.707. The SMILES string of the molecule is CCc1ccc(C(C)C)c(C=O)c1OC. The maximum atomic E-state index is 11.1. The number of ether oxygens (including phenoxy) is 1. The largest absolute Gasteiger partial charge is 0.496 e. The zero-order valence-electron chi connectivity index (χ0n) is 9.83. The van der Waals surface area contributed by atoms with Crippen molar-refractivity contribution in [2.45, 2.75) is 33.1 Å². The van der Waals surface area contributed by atoms with E-state index in [1.54, 1.807) is 7.11 Å². The van der Waals surface area contributed by atoms with Crippen LogP contribution in [0.25, 0.3) is 0 Å². The van der Waals surface area contributed by atoms with Gasteiger partial charge in [0.15, 0.2) is 6.29 Å². The van der Waals surface area contributed by atoms with Crippen LogP contribution in [0, 0.1) is 0 Å². The van der Waals surface area contributed by atoms with Gasteiger partial charge in [-0.05, 0) is 23.5 Å². The van der Waals surface area contributed by atoms with Gasteiger partial charge in [0.05, 0.1) is 12.7 Å². The van der Waals surface area contributed by atoms with Gasteiger partial charge in [-0.15, -0.1) is 0 Å². The van der Waals surface area contributed by atoms with E-state index in [1.165, 1.54) is 0 Å². The van der Waals surface area contributed by atoms with Crippen molar-refractivity contribution in [3.8, 4) is 5.75 Å². The van der Waals surface area contributed by atoms with Crippen molar-refractivity contribution in [1.82, 2.24) is 0 Å². The third-order valence-electron chi connectivity index (χ3n) is 2.64. The fraction of sp³-hybridized carbons (Fsp3) is 0.462. The van der Waals surface area contributed by atoms with Crippen LogP contribution in [0.15, 0.2) is 12.1 Å². The summed E-state index contributed by atoms with van der Waals surface area (Å²) >= 11 is 0. The van der Waals surface area contributed by atoms with E-state index in [9.17, 15) is 4.79 Å². The molecule has 2 nitrogen and oxygen atoms in total. The lowest BCUT2D eigenvalue weighted by molar-refractivity contribution is 0.111. The number of rotatable bonds is 4. The van der Waals surface area contributed by atoms with E-state index in [1.807, 2.05) is 12.1 Å². The van der Waals surface area contributed by atoms with E-state index in [0.717, 1.165) is 29.6 Å². The van der Waals surface area contributed by atoms with E-state index >= 15 is 0 Å². The van der Waals surface area contributed by atoms with Gasteiger partial charge in [-0.3, -0.25) is 4.79 Å². The standard InChI is InChI=1S/C13H18O2/c1-5-10-6-7-11(9(2)3)12(8-14)13(10)15-4/h6-9H,5H2,1-4H3. The van der Waals surface area contributed by atoms with Gasteiger partial charge in [0.25, 0.3) is 0 Å². The van der Waals surface area contributed by atoms with Crippen LogP contribution in [-0.2, 0) is 6.42 Å². The second-order valence-electron chi connectivity index (χ2n) is 3.89. The minimum Gasteiger partial charge on any atom is -0.496 e. The van der Waals surface area contributed by atoms with Crippen LogP contribution in [0.2, 0.25) is 0 Å². The van der Waals surface area contributed by atoms with Crippen LogP contribution in [-0.4, -0.2) is 13.4 Å². The van der Waals surface area contributed by atoms with Crippen molar-refractivity contribution in [1.29, 1.82) is 0 Å². The average Bonchev–Trinajstić information content (AvgIpc) is 2.26. The first-order chi connectivity index (χ1) is 7.15. The summed E-state index contributed by atoms with van der Waals surface area (Å²) in [7, 11) is 1.62.